The lowest BCUT2D eigenvalue weighted by atomic mass is 10.2. The molecule has 0 saturated heterocycles. The van der Waals surface area contributed by atoms with Crippen molar-refractivity contribution in [2.75, 3.05) is 0 Å². The van der Waals surface area contributed by atoms with Crippen LogP contribution in [0.15, 0.2) is 22.7 Å². The molecule has 3 nitrogen and oxygen atoms in total. The third-order valence-corrected chi connectivity index (χ3v) is 1.88. The van der Waals surface area contributed by atoms with E-state index in [0.29, 0.717) is 5.75 Å². The van der Waals surface area contributed by atoms with Crippen LogP contribution in [-0.2, 0) is 0 Å². The van der Waals surface area contributed by atoms with E-state index in [1.54, 1.807) is 6.07 Å². The van der Waals surface area contributed by atoms with Crippen LogP contribution < -0.4 is 4.65 Å². The summed E-state index contributed by atoms with van der Waals surface area (Å²) in [4.78, 5) is 0. The van der Waals surface area contributed by atoms with Gasteiger partial charge in [-0.15, -0.1) is 0 Å². The summed E-state index contributed by atoms with van der Waals surface area (Å²) in [5.74, 6) is 0.458. The fraction of sp³-hybridized carbons (Fsp3) is 0.143. The lowest BCUT2D eigenvalue weighted by Crippen LogP contribution is -2.21. The van der Waals surface area contributed by atoms with Gasteiger partial charge in [-0.3, -0.25) is 0 Å². The highest BCUT2D eigenvalue weighted by atomic mass is 79.9. The molecular formula is C7H8BBrO3. The zero-order valence-electron chi connectivity index (χ0n) is 6.49. The standard InChI is InChI=1S/C7H8BBrO3/c1-5-2-3-6(9)4-7(5)12-8(10)11/h2-4,10-11H,1H3. The van der Waals surface area contributed by atoms with Gasteiger partial charge in [0, 0.05) is 4.47 Å². The highest BCUT2D eigenvalue weighted by molar-refractivity contribution is 9.10. The van der Waals surface area contributed by atoms with Gasteiger partial charge in [0.05, 0.1) is 0 Å². The van der Waals surface area contributed by atoms with E-state index in [1.165, 1.54) is 0 Å². The van der Waals surface area contributed by atoms with E-state index in [4.69, 9.17) is 14.7 Å². The quantitative estimate of drug-likeness (QED) is 0.749. The molecule has 0 atom stereocenters. The minimum atomic E-state index is -1.77. The van der Waals surface area contributed by atoms with E-state index in [-0.39, 0.29) is 0 Å². The predicted octanol–water partition coefficient (Wildman–Crippen LogP) is 1.11. The number of hydrogen-bond acceptors (Lipinski definition) is 3. The largest absolute Gasteiger partial charge is 0.707 e. The van der Waals surface area contributed by atoms with Gasteiger partial charge in [-0.25, -0.2) is 0 Å². The van der Waals surface area contributed by atoms with E-state index < -0.39 is 7.32 Å². The molecule has 0 aromatic heterocycles. The van der Waals surface area contributed by atoms with Crippen molar-refractivity contribution in [1.82, 2.24) is 0 Å². The summed E-state index contributed by atoms with van der Waals surface area (Å²) >= 11 is 3.24. The molecule has 0 spiro atoms. The highest BCUT2D eigenvalue weighted by Gasteiger charge is 2.12. The zero-order chi connectivity index (χ0) is 9.14. The summed E-state index contributed by atoms with van der Waals surface area (Å²) in [5.41, 5.74) is 0.853. The average Bonchev–Trinajstić information content (AvgIpc) is 1.96. The zero-order valence-corrected chi connectivity index (χ0v) is 8.08. The Labute approximate surface area is 79.3 Å². The molecule has 5 heteroatoms. The highest BCUT2D eigenvalue weighted by Crippen LogP contribution is 2.22. The van der Waals surface area contributed by atoms with Crippen LogP contribution in [0.2, 0.25) is 0 Å². The van der Waals surface area contributed by atoms with Gasteiger partial charge in [0.25, 0.3) is 0 Å². The molecule has 0 fully saturated rings. The molecule has 1 aromatic carbocycles. The molecule has 64 valence electrons. The monoisotopic (exact) mass is 230 g/mol. The number of aryl methyl sites for hydroxylation is 1. The SMILES string of the molecule is Cc1ccc(Br)cc1OB(O)O. The summed E-state index contributed by atoms with van der Waals surface area (Å²) in [6.45, 7) is 1.82. The first-order valence-corrected chi connectivity index (χ1v) is 4.18. The maximum Gasteiger partial charge on any atom is 0.707 e. The summed E-state index contributed by atoms with van der Waals surface area (Å²) < 4.78 is 5.54. The molecule has 0 unspecified atom stereocenters. The van der Waals surface area contributed by atoms with Gasteiger partial charge in [-0.2, -0.15) is 0 Å². The van der Waals surface area contributed by atoms with Crippen molar-refractivity contribution in [2.24, 2.45) is 0 Å². The van der Waals surface area contributed by atoms with Gasteiger partial charge < -0.3 is 14.7 Å². The van der Waals surface area contributed by atoms with E-state index in [1.807, 2.05) is 19.1 Å². The molecule has 0 aliphatic carbocycles. The molecule has 1 aromatic rings. The smallest absolute Gasteiger partial charge is 0.512 e. The first-order chi connectivity index (χ1) is 5.59. The average molecular weight is 231 g/mol. The normalized spacial score (nSPS) is 9.67. The van der Waals surface area contributed by atoms with Crippen molar-refractivity contribution in [1.29, 1.82) is 0 Å². The van der Waals surface area contributed by atoms with E-state index in [0.717, 1.165) is 10.0 Å². The van der Waals surface area contributed by atoms with Gasteiger partial charge in [0.15, 0.2) is 0 Å². The van der Waals surface area contributed by atoms with Crippen molar-refractivity contribution in [3.8, 4) is 5.75 Å². The van der Waals surface area contributed by atoms with Crippen LogP contribution in [0, 0.1) is 6.92 Å². The molecule has 0 radical (unpaired) electrons. The Morgan fingerprint density at radius 3 is 2.67 bits per heavy atom. The van der Waals surface area contributed by atoms with Crippen molar-refractivity contribution in [3.63, 3.8) is 0 Å². The van der Waals surface area contributed by atoms with Gasteiger partial charge in [0.1, 0.15) is 5.75 Å². The fourth-order valence-electron chi connectivity index (χ4n) is 0.814. The molecule has 2 N–H and O–H groups in total. The van der Waals surface area contributed by atoms with Crippen LogP contribution >= 0.6 is 15.9 Å². The topological polar surface area (TPSA) is 49.7 Å². The lowest BCUT2D eigenvalue weighted by Gasteiger charge is -2.07. The Morgan fingerprint density at radius 1 is 1.42 bits per heavy atom. The first kappa shape index (κ1) is 9.57. The summed E-state index contributed by atoms with van der Waals surface area (Å²) in [6.07, 6.45) is 0. The van der Waals surface area contributed by atoms with Gasteiger partial charge in [-0.05, 0) is 24.6 Å². The Bertz CT molecular complexity index is 277. The second kappa shape index (κ2) is 3.93. The second-order valence-corrected chi connectivity index (χ2v) is 3.27. The van der Waals surface area contributed by atoms with Crippen molar-refractivity contribution in [3.05, 3.63) is 28.2 Å². The number of halogens is 1. The molecule has 0 heterocycles. The minimum Gasteiger partial charge on any atom is -0.512 e. The predicted molar refractivity (Wildman–Crippen MR) is 49.7 cm³/mol. The van der Waals surface area contributed by atoms with Crippen molar-refractivity contribution >= 4 is 23.3 Å². The fourth-order valence-corrected chi connectivity index (χ4v) is 1.15. The molecule has 0 saturated carbocycles. The molecule has 0 bridgehead atoms. The van der Waals surface area contributed by atoms with Crippen LogP contribution in [-0.4, -0.2) is 17.4 Å². The van der Waals surface area contributed by atoms with Gasteiger partial charge in [0.2, 0.25) is 0 Å². The van der Waals surface area contributed by atoms with Crippen LogP contribution in [0.25, 0.3) is 0 Å². The first-order valence-electron chi connectivity index (χ1n) is 3.38. The Kier molecular flexibility index (Phi) is 3.14. The molecule has 1 rings (SSSR count). The summed E-state index contributed by atoms with van der Waals surface area (Å²) in [6, 6.07) is 5.35. The maximum absolute atomic E-state index is 8.54. The maximum atomic E-state index is 8.54. The molecule has 12 heavy (non-hydrogen) atoms. The Balaban J connectivity index is 2.90. The van der Waals surface area contributed by atoms with Crippen molar-refractivity contribution in [2.45, 2.75) is 6.92 Å². The van der Waals surface area contributed by atoms with Crippen LogP contribution in [0.3, 0.4) is 0 Å². The molecule has 0 aliphatic heterocycles. The lowest BCUT2D eigenvalue weighted by molar-refractivity contribution is 0.287. The van der Waals surface area contributed by atoms with Crippen LogP contribution in [0.4, 0.5) is 0 Å². The van der Waals surface area contributed by atoms with Crippen LogP contribution in [0.5, 0.6) is 5.75 Å². The van der Waals surface area contributed by atoms with Crippen LogP contribution in [0.1, 0.15) is 5.56 Å². The third-order valence-electron chi connectivity index (χ3n) is 1.38. The molecule has 0 aliphatic rings. The van der Waals surface area contributed by atoms with E-state index in [2.05, 4.69) is 15.9 Å². The van der Waals surface area contributed by atoms with E-state index in [9.17, 15) is 0 Å². The molecule has 0 amide bonds. The number of rotatable bonds is 2. The Hall–Kier alpha value is -0.515. The minimum absolute atomic E-state index is 0.458. The molecular weight excluding hydrogens is 223 g/mol. The number of hydrogen-bond donors (Lipinski definition) is 2. The van der Waals surface area contributed by atoms with E-state index >= 15 is 0 Å². The van der Waals surface area contributed by atoms with Gasteiger partial charge >= 0.3 is 7.32 Å². The Morgan fingerprint density at radius 2 is 2.08 bits per heavy atom. The second-order valence-electron chi connectivity index (χ2n) is 2.35. The number of benzene rings is 1. The van der Waals surface area contributed by atoms with Gasteiger partial charge in [-0.1, -0.05) is 22.0 Å². The summed E-state index contributed by atoms with van der Waals surface area (Å²) in [5, 5.41) is 17.1. The third kappa shape index (κ3) is 2.51. The summed E-state index contributed by atoms with van der Waals surface area (Å²) in [7, 11) is -1.77. The van der Waals surface area contributed by atoms with Crippen molar-refractivity contribution < 1.29 is 14.7 Å².